The first-order valence-corrected chi connectivity index (χ1v) is 8.94. The smallest absolute Gasteiger partial charge is 0.263 e. The van der Waals surface area contributed by atoms with Gasteiger partial charge < -0.3 is 14.8 Å². The van der Waals surface area contributed by atoms with Crippen molar-refractivity contribution in [3.05, 3.63) is 53.3 Å². The fourth-order valence-electron chi connectivity index (χ4n) is 2.56. The van der Waals surface area contributed by atoms with Crippen LogP contribution in [-0.2, 0) is 0 Å². The summed E-state index contributed by atoms with van der Waals surface area (Å²) in [5.41, 5.74) is 0.654. The predicted molar refractivity (Wildman–Crippen MR) is 96.6 cm³/mol. The highest BCUT2D eigenvalue weighted by molar-refractivity contribution is 7.17. The van der Waals surface area contributed by atoms with E-state index in [-0.39, 0.29) is 12.0 Å². The van der Waals surface area contributed by atoms with Crippen LogP contribution in [0.1, 0.15) is 15.4 Å². The zero-order valence-corrected chi connectivity index (χ0v) is 14.8. The molecule has 0 saturated carbocycles. The number of hydrogen-bond acceptors (Lipinski definition) is 7. The summed E-state index contributed by atoms with van der Waals surface area (Å²) in [6.07, 6.45) is 3.06. The van der Waals surface area contributed by atoms with Crippen LogP contribution in [0.2, 0.25) is 0 Å². The van der Waals surface area contributed by atoms with E-state index in [9.17, 15) is 4.79 Å². The molecule has 0 unspecified atom stereocenters. The van der Waals surface area contributed by atoms with Crippen LogP contribution >= 0.6 is 11.3 Å². The lowest BCUT2D eigenvalue weighted by Crippen LogP contribution is -2.40. The van der Waals surface area contributed by atoms with Gasteiger partial charge in [-0.1, -0.05) is 12.1 Å². The number of hydrogen-bond donors (Lipinski definition) is 1. The number of para-hydroxylation sites is 2. The first-order chi connectivity index (χ1) is 12.7. The highest BCUT2D eigenvalue weighted by Gasteiger charge is 2.23. The summed E-state index contributed by atoms with van der Waals surface area (Å²) in [6, 6.07) is 9.23. The number of carbonyl (C=O) groups is 1. The van der Waals surface area contributed by atoms with Crippen molar-refractivity contribution >= 4 is 17.2 Å². The predicted octanol–water partition coefficient (Wildman–Crippen LogP) is 2.48. The molecule has 0 saturated heterocycles. The summed E-state index contributed by atoms with van der Waals surface area (Å²) in [5, 5.41) is 3.52. The van der Waals surface area contributed by atoms with Gasteiger partial charge in [0.05, 0.1) is 12.2 Å². The monoisotopic (exact) mass is 368 g/mol. The Morgan fingerprint density at radius 2 is 2.00 bits per heavy atom. The van der Waals surface area contributed by atoms with Crippen molar-refractivity contribution in [1.82, 2.24) is 20.3 Å². The Bertz CT molecular complexity index is 929. The normalized spacial score (nSPS) is 15.5. The maximum atomic E-state index is 12.5. The molecular weight excluding hydrogens is 352 g/mol. The van der Waals surface area contributed by atoms with E-state index < -0.39 is 0 Å². The van der Waals surface area contributed by atoms with Crippen LogP contribution in [0.25, 0.3) is 10.8 Å². The molecule has 3 heterocycles. The Balaban J connectivity index is 1.41. The molecule has 1 N–H and O–H groups in total. The molecule has 0 fully saturated rings. The van der Waals surface area contributed by atoms with Crippen LogP contribution in [0.4, 0.5) is 0 Å². The van der Waals surface area contributed by atoms with E-state index in [1.807, 2.05) is 24.3 Å². The van der Waals surface area contributed by atoms with E-state index in [1.54, 1.807) is 25.4 Å². The fraction of sp³-hybridized carbons (Fsp3) is 0.222. The molecule has 1 aliphatic rings. The third kappa shape index (κ3) is 3.36. The highest BCUT2D eigenvalue weighted by Crippen LogP contribution is 2.30. The number of amides is 1. The largest absolute Gasteiger partial charge is 0.486 e. The fourth-order valence-corrected chi connectivity index (χ4v) is 3.49. The lowest BCUT2D eigenvalue weighted by atomic mass is 10.2. The van der Waals surface area contributed by atoms with Gasteiger partial charge in [-0.3, -0.25) is 4.79 Å². The van der Waals surface area contributed by atoms with E-state index in [0.717, 1.165) is 5.75 Å². The summed E-state index contributed by atoms with van der Waals surface area (Å²) in [4.78, 5) is 25.8. The van der Waals surface area contributed by atoms with Gasteiger partial charge in [0.2, 0.25) is 0 Å². The number of aryl methyl sites for hydroxylation is 1. The molecule has 0 aliphatic carbocycles. The lowest BCUT2D eigenvalue weighted by molar-refractivity contribution is 0.0791. The van der Waals surface area contributed by atoms with Gasteiger partial charge in [0.25, 0.3) is 5.91 Å². The summed E-state index contributed by atoms with van der Waals surface area (Å²) in [7, 11) is 0. The van der Waals surface area contributed by atoms with Crippen molar-refractivity contribution in [3.8, 4) is 22.3 Å². The van der Waals surface area contributed by atoms with E-state index >= 15 is 0 Å². The van der Waals surface area contributed by atoms with Gasteiger partial charge in [-0.2, -0.15) is 0 Å². The van der Waals surface area contributed by atoms with Crippen LogP contribution in [0.5, 0.6) is 11.5 Å². The number of rotatable bonds is 4. The van der Waals surface area contributed by atoms with Crippen LogP contribution in [-0.4, -0.2) is 40.1 Å². The SMILES string of the molecule is Cc1nc(-c2ncccn2)sc1C(=O)NC[C@H]1COc2ccccc2O1. The summed E-state index contributed by atoms with van der Waals surface area (Å²) < 4.78 is 11.5. The van der Waals surface area contributed by atoms with Crippen LogP contribution in [0, 0.1) is 6.92 Å². The Morgan fingerprint density at radius 3 is 2.81 bits per heavy atom. The number of nitrogens with zero attached hydrogens (tertiary/aromatic N) is 3. The number of ether oxygens (including phenoxy) is 2. The molecule has 4 rings (SSSR count). The third-order valence-corrected chi connectivity index (χ3v) is 4.97. The summed E-state index contributed by atoms with van der Waals surface area (Å²) in [6.45, 7) is 2.54. The number of benzene rings is 1. The Hall–Kier alpha value is -3.00. The number of aromatic nitrogens is 3. The minimum atomic E-state index is -0.237. The minimum Gasteiger partial charge on any atom is -0.486 e. The first kappa shape index (κ1) is 16.5. The molecule has 0 radical (unpaired) electrons. The topological polar surface area (TPSA) is 86.2 Å². The maximum absolute atomic E-state index is 12.5. The van der Waals surface area contributed by atoms with Gasteiger partial charge in [0, 0.05) is 12.4 Å². The van der Waals surface area contributed by atoms with E-state index in [0.29, 0.717) is 40.3 Å². The van der Waals surface area contributed by atoms with Crippen LogP contribution in [0.15, 0.2) is 42.7 Å². The molecule has 1 atom stereocenters. The molecule has 0 bridgehead atoms. The molecule has 3 aromatic rings. The van der Waals surface area contributed by atoms with Gasteiger partial charge in [-0.05, 0) is 25.1 Å². The number of thiazole rings is 1. The van der Waals surface area contributed by atoms with Crippen LogP contribution < -0.4 is 14.8 Å². The maximum Gasteiger partial charge on any atom is 0.263 e. The second kappa shape index (κ2) is 7.09. The van der Waals surface area contributed by atoms with Crippen molar-refractivity contribution in [3.63, 3.8) is 0 Å². The second-order valence-corrected chi connectivity index (χ2v) is 6.71. The summed E-state index contributed by atoms with van der Waals surface area (Å²) in [5.74, 6) is 1.74. The third-order valence-electron chi connectivity index (χ3n) is 3.82. The van der Waals surface area contributed by atoms with Gasteiger partial charge in [0.15, 0.2) is 22.3 Å². The number of nitrogens with one attached hydrogen (secondary N) is 1. The first-order valence-electron chi connectivity index (χ1n) is 8.12. The number of carbonyl (C=O) groups excluding carboxylic acids is 1. The van der Waals surface area contributed by atoms with Gasteiger partial charge >= 0.3 is 0 Å². The Morgan fingerprint density at radius 1 is 1.23 bits per heavy atom. The summed E-state index contributed by atoms with van der Waals surface area (Å²) >= 11 is 1.28. The van der Waals surface area contributed by atoms with Gasteiger partial charge in [-0.25, -0.2) is 15.0 Å². The van der Waals surface area contributed by atoms with Crippen molar-refractivity contribution in [2.45, 2.75) is 13.0 Å². The van der Waals surface area contributed by atoms with E-state index in [1.165, 1.54) is 11.3 Å². The Labute approximate surface area is 154 Å². The zero-order chi connectivity index (χ0) is 17.9. The van der Waals surface area contributed by atoms with Crippen molar-refractivity contribution < 1.29 is 14.3 Å². The van der Waals surface area contributed by atoms with Gasteiger partial charge in [0.1, 0.15) is 17.6 Å². The van der Waals surface area contributed by atoms with Crippen molar-refractivity contribution in [1.29, 1.82) is 0 Å². The molecule has 7 nitrogen and oxygen atoms in total. The zero-order valence-electron chi connectivity index (χ0n) is 14.0. The average Bonchev–Trinajstić information content (AvgIpc) is 3.08. The van der Waals surface area contributed by atoms with Crippen molar-refractivity contribution in [2.24, 2.45) is 0 Å². The highest BCUT2D eigenvalue weighted by atomic mass is 32.1. The van der Waals surface area contributed by atoms with E-state index in [2.05, 4.69) is 20.3 Å². The molecule has 2 aromatic heterocycles. The lowest BCUT2D eigenvalue weighted by Gasteiger charge is -2.26. The van der Waals surface area contributed by atoms with Gasteiger partial charge in [-0.15, -0.1) is 11.3 Å². The standard InChI is InChI=1S/C18H16N4O3S/c1-11-15(26-18(22-11)16-19-7-4-8-20-16)17(23)21-9-12-10-24-13-5-2-3-6-14(13)25-12/h2-8,12H,9-10H2,1H3,(H,21,23)/t12-/m0/s1. The quantitative estimate of drug-likeness (QED) is 0.761. The van der Waals surface area contributed by atoms with Crippen molar-refractivity contribution in [2.75, 3.05) is 13.2 Å². The molecule has 1 aliphatic heterocycles. The molecular formula is C18H16N4O3S. The molecule has 0 spiro atoms. The van der Waals surface area contributed by atoms with E-state index in [4.69, 9.17) is 9.47 Å². The Kier molecular flexibility index (Phi) is 4.49. The molecule has 1 aromatic carbocycles. The minimum absolute atomic E-state index is 0.190. The van der Waals surface area contributed by atoms with Crippen LogP contribution in [0.3, 0.4) is 0 Å². The molecule has 1 amide bonds. The second-order valence-electron chi connectivity index (χ2n) is 5.71. The molecule has 8 heteroatoms. The average molecular weight is 368 g/mol. The molecule has 132 valence electrons. The molecule has 26 heavy (non-hydrogen) atoms. The number of fused-ring (bicyclic) bond motifs is 1.